The van der Waals surface area contributed by atoms with Crippen molar-refractivity contribution in [1.82, 2.24) is 15.0 Å². The van der Waals surface area contributed by atoms with Gasteiger partial charge in [-0.25, -0.2) is 19.9 Å². The predicted molar refractivity (Wildman–Crippen MR) is 97.2 cm³/mol. The molecule has 2 aromatic heterocycles. The summed E-state index contributed by atoms with van der Waals surface area (Å²) in [4.78, 5) is 11.2. The highest BCUT2D eigenvalue weighted by Crippen LogP contribution is 2.24. The van der Waals surface area contributed by atoms with Crippen LogP contribution in [0.1, 0.15) is 0 Å². The average molecular weight is 404 g/mol. The van der Waals surface area contributed by atoms with E-state index in [1.165, 1.54) is 12.3 Å². The van der Waals surface area contributed by atoms with Gasteiger partial charge in [-0.3, -0.25) is 0 Å². The number of hydrogen-bond donors (Lipinski definition) is 3. The molecule has 0 amide bonds. The normalized spacial score (nSPS) is 11.4. The molecule has 0 fully saturated rings. The van der Waals surface area contributed by atoms with E-state index in [0.29, 0.717) is 0 Å². The smallest absolute Gasteiger partial charge is 0.387 e. The van der Waals surface area contributed by atoms with Crippen LogP contribution in [0.15, 0.2) is 65.9 Å². The number of benzene rings is 1. The molecule has 0 radical (unpaired) electrons. The third-order valence-corrected chi connectivity index (χ3v) is 3.58. The number of nitrogens with one attached hydrogen (secondary N) is 3. The Hall–Kier alpha value is -3.89. The van der Waals surface area contributed by atoms with Crippen molar-refractivity contribution in [2.24, 2.45) is 5.11 Å². The Bertz CT molecular complexity index is 978. The van der Waals surface area contributed by atoms with Crippen LogP contribution in [0.4, 0.5) is 18.9 Å². The van der Waals surface area contributed by atoms with Crippen molar-refractivity contribution in [3.8, 4) is 23.0 Å². The van der Waals surface area contributed by atoms with Gasteiger partial charge in [0.05, 0.1) is 0 Å². The first-order valence-corrected chi connectivity index (χ1v) is 8.21. The number of nitrogens with zero attached hydrogens (tertiary/aromatic N) is 3. The molecule has 1 aromatic carbocycles. The van der Waals surface area contributed by atoms with Crippen LogP contribution in [0.3, 0.4) is 0 Å². The summed E-state index contributed by atoms with van der Waals surface area (Å²) in [6.07, 6.45) is 6.25. The summed E-state index contributed by atoms with van der Waals surface area (Å²) in [5.74, 6) is -1.52. The fourth-order valence-electron chi connectivity index (χ4n) is 2.23. The molecule has 3 rings (SSSR count). The molecule has 0 spiro atoms. The lowest BCUT2D eigenvalue weighted by Gasteiger charge is -2.09. The number of hydrogen-bond acceptors (Lipinski definition) is 7. The standard InChI is InChI=1S/C18H15F3N6O2/c19-14-4-3-12(6-16(14)29-17(20)21)24-9-13(27-22)10-28-18-25-7-11(8-26-18)15-2-1-5-23-15/h1-9,17,22-24H,10H2/b13-9-,27-22?. The highest BCUT2D eigenvalue weighted by Gasteiger charge is 2.10. The lowest BCUT2D eigenvalue weighted by molar-refractivity contribution is -0.0521. The number of rotatable bonds is 9. The van der Waals surface area contributed by atoms with Crippen LogP contribution in [0.25, 0.3) is 11.3 Å². The van der Waals surface area contributed by atoms with Gasteiger partial charge in [0, 0.05) is 47.8 Å². The monoisotopic (exact) mass is 404 g/mol. The molecular formula is C18H15F3N6O2. The van der Waals surface area contributed by atoms with Gasteiger partial charge >= 0.3 is 12.6 Å². The molecule has 3 N–H and O–H groups in total. The minimum absolute atomic E-state index is 0.0873. The molecule has 8 nitrogen and oxygen atoms in total. The molecule has 0 bridgehead atoms. The van der Waals surface area contributed by atoms with Crippen molar-refractivity contribution in [2.75, 3.05) is 11.9 Å². The summed E-state index contributed by atoms with van der Waals surface area (Å²) in [5.41, 5.74) is 9.25. The number of aromatic amines is 1. The summed E-state index contributed by atoms with van der Waals surface area (Å²) in [7, 11) is 0. The molecule has 0 saturated heterocycles. The molecule has 0 saturated carbocycles. The van der Waals surface area contributed by atoms with Crippen LogP contribution in [0, 0.1) is 11.3 Å². The largest absolute Gasteiger partial charge is 0.457 e. The highest BCUT2D eigenvalue weighted by atomic mass is 19.3. The van der Waals surface area contributed by atoms with E-state index in [-0.39, 0.29) is 24.0 Å². The average Bonchev–Trinajstić information content (AvgIpc) is 3.25. The fourth-order valence-corrected chi connectivity index (χ4v) is 2.23. The van der Waals surface area contributed by atoms with Crippen molar-refractivity contribution in [3.05, 3.63) is 66.6 Å². The fraction of sp³-hybridized carbons (Fsp3) is 0.111. The Morgan fingerprint density at radius 3 is 2.72 bits per heavy atom. The zero-order valence-corrected chi connectivity index (χ0v) is 14.8. The maximum Gasteiger partial charge on any atom is 0.387 e. The lowest BCUT2D eigenvalue weighted by atomic mass is 10.2. The molecule has 29 heavy (non-hydrogen) atoms. The summed E-state index contributed by atoms with van der Waals surface area (Å²) >= 11 is 0. The van der Waals surface area contributed by atoms with E-state index in [1.807, 2.05) is 12.1 Å². The molecule has 11 heteroatoms. The van der Waals surface area contributed by atoms with Crippen LogP contribution in [-0.4, -0.2) is 28.2 Å². The third-order valence-electron chi connectivity index (χ3n) is 3.58. The molecule has 2 heterocycles. The highest BCUT2D eigenvalue weighted by molar-refractivity contribution is 5.56. The van der Waals surface area contributed by atoms with E-state index in [4.69, 9.17) is 10.3 Å². The quantitative estimate of drug-likeness (QED) is 0.453. The molecule has 0 aliphatic heterocycles. The van der Waals surface area contributed by atoms with Crippen LogP contribution < -0.4 is 14.8 Å². The van der Waals surface area contributed by atoms with Gasteiger partial charge in [0.1, 0.15) is 12.3 Å². The summed E-state index contributed by atoms with van der Waals surface area (Å²) in [6.45, 7) is -3.27. The van der Waals surface area contributed by atoms with Gasteiger partial charge in [-0.05, 0) is 24.3 Å². The van der Waals surface area contributed by atoms with Crippen LogP contribution in [0.5, 0.6) is 11.8 Å². The molecule has 3 aromatic rings. The van der Waals surface area contributed by atoms with E-state index < -0.39 is 18.2 Å². The van der Waals surface area contributed by atoms with Gasteiger partial charge in [-0.1, -0.05) is 0 Å². The Balaban J connectivity index is 1.60. The Morgan fingerprint density at radius 2 is 2.07 bits per heavy atom. The second-order valence-corrected chi connectivity index (χ2v) is 5.54. The van der Waals surface area contributed by atoms with E-state index in [1.54, 1.807) is 18.6 Å². The molecule has 0 aliphatic carbocycles. The Morgan fingerprint density at radius 1 is 1.28 bits per heavy atom. The van der Waals surface area contributed by atoms with Gasteiger partial charge in [-0.2, -0.15) is 13.9 Å². The number of halogens is 3. The molecular weight excluding hydrogens is 389 g/mol. The number of alkyl halides is 2. The Kier molecular flexibility index (Phi) is 6.40. The first-order valence-electron chi connectivity index (χ1n) is 8.21. The van der Waals surface area contributed by atoms with Crippen LogP contribution in [-0.2, 0) is 0 Å². The van der Waals surface area contributed by atoms with Crippen molar-refractivity contribution in [3.63, 3.8) is 0 Å². The maximum atomic E-state index is 13.4. The summed E-state index contributed by atoms with van der Waals surface area (Å²) in [5, 5.41) is 6.01. The molecule has 0 aliphatic rings. The Labute approximate surface area is 162 Å². The molecule has 150 valence electrons. The van der Waals surface area contributed by atoms with E-state index in [2.05, 4.69) is 30.1 Å². The minimum Gasteiger partial charge on any atom is -0.457 e. The SMILES string of the molecule is N=N/C(=C\Nc1ccc(F)c(OC(F)F)c1)COc1ncc(-c2ccc[nH]2)cn1. The predicted octanol–water partition coefficient (Wildman–Crippen LogP) is 4.58. The first kappa shape index (κ1) is 19.9. The van der Waals surface area contributed by atoms with Crippen molar-refractivity contribution >= 4 is 5.69 Å². The topological polar surface area (TPSA) is 108 Å². The number of anilines is 1. The third kappa shape index (κ3) is 5.54. The second-order valence-electron chi connectivity index (χ2n) is 5.54. The zero-order valence-electron chi connectivity index (χ0n) is 14.8. The van der Waals surface area contributed by atoms with E-state index in [9.17, 15) is 13.2 Å². The first-order chi connectivity index (χ1) is 14.0. The number of ether oxygens (including phenoxy) is 2. The molecule has 0 unspecified atom stereocenters. The zero-order chi connectivity index (χ0) is 20.6. The van der Waals surface area contributed by atoms with Gasteiger partial charge in [0.2, 0.25) is 0 Å². The van der Waals surface area contributed by atoms with E-state index >= 15 is 0 Å². The van der Waals surface area contributed by atoms with Gasteiger partial charge in [-0.15, -0.1) is 0 Å². The van der Waals surface area contributed by atoms with Gasteiger partial charge in [0.15, 0.2) is 11.6 Å². The van der Waals surface area contributed by atoms with Crippen molar-refractivity contribution < 1.29 is 22.6 Å². The lowest BCUT2D eigenvalue weighted by Crippen LogP contribution is -2.05. The second kappa shape index (κ2) is 9.35. The van der Waals surface area contributed by atoms with Crippen molar-refractivity contribution in [2.45, 2.75) is 6.61 Å². The summed E-state index contributed by atoms with van der Waals surface area (Å²) < 4.78 is 47.5. The van der Waals surface area contributed by atoms with Crippen LogP contribution >= 0.6 is 0 Å². The number of aromatic nitrogens is 3. The van der Waals surface area contributed by atoms with Gasteiger partial charge in [0.25, 0.3) is 0 Å². The van der Waals surface area contributed by atoms with E-state index in [0.717, 1.165) is 23.4 Å². The molecule has 0 atom stereocenters. The minimum atomic E-state index is -3.15. The summed E-state index contributed by atoms with van der Waals surface area (Å²) in [6, 6.07) is 7.16. The van der Waals surface area contributed by atoms with Gasteiger partial charge < -0.3 is 19.8 Å². The van der Waals surface area contributed by atoms with Crippen LogP contribution in [0.2, 0.25) is 0 Å². The van der Waals surface area contributed by atoms with Crippen molar-refractivity contribution in [1.29, 1.82) is 5.53 Å². The maximum absolute atomic E-state index is 13.4. The number of H-pyrrole nitrogens is 1.